The van der Waals surface area contributed by atoms with Gasteiger partial charge in [-0.3, -0.25) is 4.90 Å². The summed E-state index contributed by atoms with van der Waals surface area (Å²) in [6.07, 6.45) is 0.516. The fourth-order valence-corrected chi connectivity index (χ4v) is 3.47. The van der Waals surface area contributed by atoms with Crippen LogP contribution < -0.4 is 10.2 Å². The molecule has 7 nitrogen and oxygen atoms in total. The van der Waals surface area contributed by atoms with E-state index in [9.17, 15) is 13.2 Å². The smallest absolute Gasteiger partial charge is 0.323 e. The first-order chi connectivity index (χ1) is 7.92. The Morgan fingerprint density at radius 2 is 2.12 bits per heavy atom. The predicted octanol–water partition coefficient (Wildman–Crippen LogP) is 0.497. The van der Waals surface area contributed by atoms with Gasteiger partial charge < -0.3 is 5.32 Å². The van der Waals surface area contributed by atoms with Crippen LogP contribution in [0, 0.1) is 0 Å². The Labute approximate surface area is 104 Å². The maximum atomic E-state index is 11.7. The van der Waals surface area contributed by atoms with Crippen molar-refractivity contribution in [3.05, 3.63) is 0 Å². The molecule has 0 atom stereocenters. The van der Waals surface area contributed by atoms with E-state index < -0.39 is 9.84 Å². The fourth-order valence-electron chi connectivity index (χ4n) is 1.07. The van der Waals surface area contributed by atoms with E-state index in [0.29, 0.717) is 6.42 Å². The summed E-state index contributed by atoms with van der Waals surface area (Å²) in [5.41, 5.74) is 0. The lowest BCUT2D eigenvalue weighted by Gasteiger charge is -2.10. The molecule has 0 fully saturated rings. The minimum atomic E-state index is -3.37. The first kappa shape index (κ1) is 13.8. The number of hydrogen-bond acceptors (Lipinski definition) is 6. The molecule has 17 heavy (non-hydrogen) atoms. The van der Waals surface area contributed by atoms with Gasteiger partial charge in [0.25, 0.3) is 0 Å². The summed E-state index contributed by atoms with van der Waals surface area (Å²) < 4.78 is 23.3. The molecule has 1 heterocycles. The number of urea groups is 1. The third-order valence-electron chi connectivity index (χ3n) is 1.94. The van der Waals surface area contributed by atoms with Gasteiger partial charge >= 0.3 is 6.03 Å². The van der Waals surface area contributed by atoms with Gasteiger partial charge in [0.1, 0.15) is 0 Å². The molecule has 0 aliphatic rings. The second kappa shape index (κ2) is 5.41. The van der Waals surface area contributed by atoms with E-state index in [1.165, 1.54) is 19.0 Å². The van der Waals surface area contributed by atoms with Gasteiger partial charge in [-0.25, -0.2) is 13.2 Å². The Kier molecular flexibility index (Phi) is 4.40. The Bertz CT molecular complexity index is 497. The Morgan fingerprint density at radius 1 is 1.47 bits per heavy atom. The molecule has 1 rings (SSSR count). The zero-order valence-corrected chi connectivity index (χ0v) is 11.4. The maximum absolute atomic E-state index is 11.7. The van der Waals surface area contributed by atoms with E-state index in [2.05, 4.69) is 15.5 Å². The number of hydrogen-bond donors (Lipinski definition) is 1. The molecule has 1 aromatic heterocycles. The third-order valence-corrected chi connectivity index (χ3v) is 5.31. The first-order valence-electron chi connectivity index (χ1n) is 4.94. The number of carbonyl (C=O) groups is 1. The number of nitrogens with one attached hydrogen (secondary N) is 1. The molecule has 1 N–H and O–H groups in total. The van der Waals surface area contributed by atoms with Crippen LogP contribution in [0.15, 0.2) is 4.34 Å². The number of rotatable bonds is 4. The van der Waals surface area contributed by atoms with Gasteiger partial charge in [-0.2, -0.15) is 0 Å². The molecule has 0 saturated carbocycles. The quantitative estimate of drug-likeness (QED) is 0.809. The van der Waals surface area contributed by atoms with Crippen LogP contribution in [0.5, 0.6) is 0 Å². The number of carbonyl (C=O) groups excluding carboxylic acids is 1. The van der Waals surface area contributed by atoms with Crippen molar-refractivity contribution in [3.8, 4) is 0 Å². The van der Waals surface area contributed by atoms with E-state index in [-0.39, 0.29) is 21.3 Å². The third kappa shape index (κ3) is 3.13. The molecule has 0 aliphatic heterocycles. The summed E-state index contributed by atoms with van der Waals surface area (Å²) >= 11 is 0.886. The highest BCUT2D eigenvalue weighted by Crippen LogP contribution is 2.23. The van der Waals surface area contributed by atoms with Crippen LogP contribution in [0.1, 0.15) is 13.3 Å². The van der Waals surface area contributed by atoms with Gasteiger partial charge in [0.15, 0.2) is 0 Å². The minimum Gasteiger partial charge on any atom is -0.341 e. The lowest BCUT2D eigenvalue weighted by atomic mass is 10.6. The SMILES string of the molecule is CCCS(=O)(=O)c1nnc(N(C)C(=O)NC)s1. The Balaban J connectivity index is 2.96. The second-order valence-corrected chi connectivity index (χ2v) is 6.52. The number of anilines is 1. The van der Waals surface area contributed by atoms with Gasteiger partial charge in [-0.05, 0) is 6.42 Å². The van der Waals surface area contributed by atoms with Gasteiger partial charge in [-0.1, -0.05) is 18.3 Å². The molecular weight excluding hydrogens is 264 g/mol. The number of nitrogens with zero attached hydrogens (tertiary/aromatic N) is 3. The number of sulfone groups is 1. The molecular formula is C8H14N4O3S2. The molecule has 9 heteroatoms. The van der Waals surface area contributed by atoms with E-state index >= 15 is 0 Å². The van der Waals surface area contributed by atoms with E-state index in [1.54, 1.807) is 6.92 Å². The maximum Gasteiger partial charge on any atom is 0.323 e. The molecule has 0 aromatic carbocycles. The van der Waals surface area contributed by atoms with Crippen LogP contribution in [-0.4, -0.2) is 44.5 Å². The van der Waals surface area contributed by atoms with Crippen molar-refractivity contribution in [2.75, 3.05) is 24.7 Å². The standard InChI is InChI=1S/C8H14N4O3S2/c1-4-5-17(14,15)8-11-10-7(16-8)12(3)6(13)9-2/h4-5H2,1-3H3,(H,9,13). The van der Waals surface area contributed by atoms with Gasteiger partial charge in [0.05, 0.1) is 5.75 Å². The van der Waals surface area contributed by atoms with Crippen molar-refractivity contribution in [2.45, 2.75) is 17.7 Å². The summed E-state index contributed by atoms with van der Waals surface area (Å²) in [4.78, 5) is 12.5. The largest absolute Gasteiger partial charge is 0.341 e. The molecule has 0 spiro atoms. The molecule has 0 radical (unpaired) electrons. The molecule has 1 aromatic rings. The zero-order valence-electron chi connectivity index (χ0n) is 9.80. The van der Waals surface area contributed by atoms with Crippen molar-refractivity contribution in [2.24, 2.45) is 0 Å². The zero-order chi connectivity index (χ0) is 13.1. The van der Waals surface area contributed by atoms with E-state index in [1.807, 2.05) is 0 Å². The predicted molar refractivity (Wildman–Crippen MR) is 65.1 cm³/mol. The number of aromatic nitrogens is 2. The van der Waals surface area contributed by atoms with Crippen molar-refractivity contribution >= 4 is 32.3 Å². The van der Waals surface area contributed by atoms with Crippen molar-refractivity contribution in [3.63, 3.8) is 0 Å². The Hall–Kier alpha value is -1.22. The van der Waals surface area contributed by atoms with Crippen LogP contribution >= 0.6 is 11.3 Å². The van der Waals surface area contributed by atoms with Crippen LogP contribution in [0.2, 0.25) is 0 Å². The highest BCUT2D eigenvalue weighted by atomic mass is 32.2. The molecule has 0 saturated heterocycles. The van der Waals surface area contributed by atoms with Crippen LogP contribution in [0.4, 0.5) is 9.93 Å². The normalized spacial score (nSPS) is 11.2. The molecule has 2 amide bonds. The van der Waals surface area contributed by atoms with Crippen molar-refractivity contribution < 1.29 is 13.2 Å². The van der Waals surface area contributed by atoms with Crippen molar-refractivity contribution in [1.82, 2.24) is 15.5 Å². The minimum absolute atomic E-state index is 0.0331. The average Bonchev–Trinajstić information content (AvgIpc) is 2.76. The van der Waals surface area contributed by atoms with Crippen LogP contribution in [0.3, 0.4) is 0 Å². The molecule has 0 bridgehead atoms. The summed E-state index contributed by atoms with van der Waals surface area (Å²) in [7, 11) is -0.393. The molecule has 96 valence electrons. The summed E-state index contributed by atoms with van der Waals surface area (Å²) in [5.74, 6) is 0.0331. The van der Waals surface area contributed by atoms with E-state index in [0.717, 1.165) is 11.3 Å². The van der Waals surface area contributed by atoms with Gasteiger partial charge in [0, 0.05) is 14.1 Å². The lowest BCUT2D eigenvalue weighted by molar-refractivity contribution is 0.249. The van der Waals surface area contributed by atoms with Crippen LogP contribution in [0.25, 0.3) is 0 Å². The highest BCUT2D eigenvalue weighted by Gasteiger charge is 2.22. The monoisotopic (exact) mass is 278 g/mol. The van der Waals surface area contributed by atoms with Crippen LogP contribution in [-0.2, 0) is 9.84 Å². The topological polar surface area (TPSA) is 92.3 Å². The lowest BCUT2D eigenvalue weighted by Crippen LogP contribution is -2.34. The number of amides is 2. The summed E-state index contributed by atoms with van der Waals surface area (Å²) in [5, 5.41) is 9.95. The Morgan fingerprint density at radius 3 is 2.65 bits per heavy atom. The average molecular weight is 278 g/mol. The van der Waals surface area contributed by atoms with E-state index in [4.69, 9.17) is 0 Å². The summed E-state index contributed by atoms with van der Waals surface area (Å²) in [6.45, 7) is 1.77. The second-order valence-electron chi connectivity index (χ2n) is 3.28. The van der Waals surface area contributed by atoms with Gasteiger partial charge in [0.2, 0.25) is 19.3 Å². The summed E-state index contributed by atoms with van der Waals surface area (Å²) in [6, 6.07) is -0.374. The fraction of sp³-hybridized carbons (Fsp3) is 0.625. The molecule has 0 aliphatic carbocycles. The van der Waals surface area contributed by atoms with Gasteiger partial charge in [-0.15, -0.1) is 10.2 Å². The first-order valence-corrected chi connectivity index (χ1v) is 7.41. The highest BCUT2D eigenvalue weighted by molar-refractivity contribution is 7.93. The molecule has 0 unspecified atom stereocenters. The van der Waals surface area contributed by atoms with Crippen molar-refractivity contribution in [1.29, 1.82) is 0 Å².